The fourth-order valence-corrected chi connectivity index (χ4v) is 2.58. The highest BCUT2D eigenvalue weighted by molar-refractivity contribution is 9.10. The Balaban J connectivity index is 2.36. The van der Waals surface area contributed by atoms with Gasteiger partial charge < -0.3 is 9.84 Å². The second-order valence-electron chi connectivity index (χ2n) is 4.69. The number of nitro benzene ring substituents is 1. The first-order valence-electron chi connectivity index (χ1n) is 6.29. The number of ether oxygens (including phenoxy) is 1. The van der Waals surface area contributed by atoms with E-state index in [1.807, 2.05) is 6.92 Å². The number of nitro groups is 1. The third-order valence-electron chi connectivity index (χ3n) is 2.96. The largest absolute Gasteiger partial charge is 0.450 e. The Bertz CT molecular complexity index is 685. The van der Waals surface area contributed by atoms with E-state index < -0.39 is 11.0 Å². The normalized spacial score (nSPS) is 12.0. The molecule has 0 heterocycles. The minimum atomic E-state index is -0.610. The summed E-state index contributed by atoms with van der Waals surface area (Å²) < 4.78 is 6.30. The van der Waals surface area contributed by atoms with Crippen LogP contribution >= 0.6 is 15.9 Å². The summed E-state index contributed by atoms with van der Waals surface area (Å²) in [5.41, 5.74) is 1.51. The molecule has 0 radical (unpaired) electrons. The molecular formula is C15H14BrNO4. The number of hydrogen-bond donors (Lipinski definition) is 1. The van der Waals surface area contributed by atoms with Crippen LogP contribution in [-0.2, 0) is 0 Å². The van der Waals surface area contributed by atoms with Gasteiger partial charge in [0, 0.05) is 10.5 Å². The van der Waals surface area contributed by atoms with Gasteiger partial charge in [0.15, 0.2) is 0 Å². The second-order valence-corrected chi connectivity index (χ2v) is 5.54. The minimum Gasteiger partial charge on any atom is -0.450 e. The van der Waals surface area contributed by atoms with E-state index in [9.17, 15) is 15.2 Å². The number of hydrogen-bond acceptors (Lipinski definition) is 4. The Kier molecular flexibility index (Phi) is 4.59. The second kappa shape index (κ2) is 6.24. The molecule has 5 nitrogen and oxygen atoms in total. The molecule has 0 saturated carbocycles. The molecule has 6 heteroatoms. The maximum atomic E-state index is 11.0. The van der Waals surface area contributed by atoms with Crippen LogP contribution in [0.3, 0.4) is 0 Å². The van der Waals surface area contributed by atoms with Gasteiger partial charge in [0.2, 0.25) is 5.75 Å². The van der Waals surface area contributed by atoms with Crippen molar-refractivity contribution >= 4 is 21.6 Å². The molecule has 0 aromatic heterocycles. The highest BCUT2D eigenvalue weighted by atomic mass is 79.9. The van der Waals surface area contributed by atoms with Crippen LogP contribution < -0.4 is 4.74 Å². The first-order chi connectivity index (χ1) is 9.88. The smallest absolute Gasteiger partial charge is 0.311 e. The third kappa shape index (κ3) is 3.59. The van der Waals surface area contributed by atoms with Gasteiger partial charge in [-0.2, -0.15) is 0 Å². The lowest BCUT2D eigenvalue weighted by molar-refractivity contribution is -0.385. The van der Waals surface area contributed by atoms with E-state index >= 15 is 0 Å². The number of benzene rings is 2. The van der Waals surface area contributed by atoms with Crippen molar-refractivity contribution in [1.29, 1.82) is 0 Å². The van der Waals surface area contributed by atoms with Gasteiger partial charge in [0.25, 0.3) is 0 Å². The van der Waals surface area contributed by atoms with Gasteiger partial charge in [0.05, 0.1) is 11.0 Å². The summed E-state index contributed by atoms with van der Waals surface area (Å²) in [6.45, 7) is 3.50. The van der Waals surface area contributed by atoms with Crippen molar-refractivity contribution in [3.05, 3.63) is 62.1 Å². The minimum absolute atomic E-state index is 0.0867. The number of aryl methyl sites for hydroxylation is 1. The van der Waals surface area contributed by atoms with Gasteiger partial charge in [-0.05, 0) is 43.2 Å². The zero-order chi connectivity index (χ0) is 15.6. The topological polar surface area (TPSA) is 72.6 Å². The lowest BCUT2D eigenvalue weighted by Gasteiger charge is -2.11. The van der Waals surface area contributed by atoms with E-state index in [0.29, 0.717) is 10.2 Å². The summed E-state index contributed by atoms with van der Waals surface area (Å²) >= 11 is 3.35. The zero-order valence-corrected chi connectivity index (χ0v) is 13.1. The Morgan fingerprint density at radius 3 is 2.57 bits per heavy atom. The molecule has 0 spiro atoms. The van der Waals surface area contributed by atoms with Gasteiger partial charge in [-0.25, -0.2) is 0 Å². The Labute approximate surface area is 130 Å². The van der Waals surface area contributed by atoms with Gasteiger partial charge in [-0.15, -0.1) is 0 Å². The summed E-state index contributed by atoms with van der Waals surface area (Å²) in [5, 5.41) is 20.6. The summed E-state index contributed by atoms with van der Waals surface area (Å²) in [6.07, 6.45) is -0.610. The van der Waals surface area contributed by atoms with E-state index in [1.165, 1.54) is 6.07 Å². The number of aliphatic hydroxyl groups is 1. The van der Waals surface area contributed by atoms with Gasteiger partial charge >= 0.3 is 5.69 Å². The first-order valence-corrected chi connectivity index (χ1v) is 7.08. The molecular weight excluding hydrogens is 338 g/mol. The summed E-state index contributed by atoms with van der Waals surface area (Å²) in [7, 11) is 0. The fourth-order valence-electron chi connectivity index (χ4n) is 1.89. The molecule has 1 atom stereocenters. The quantitative estimate of drug-likeness (QED) is 0.649. The van der Waals surface area contributed by atoms with Crippen molar-refractivity contribution in [3.8, 4) is 11.5 Å². The standard InChI is InChI=1S/C15H14BrNO4/c1-9-3-6-14(17(19)20)15(7-9)21-11-4-5-12(10(2)18)13(16)8-11/h3-8,10,18H,1-2H3. The van der Waals surface area contributed by atoms with Crippen molar-refractivity contribution in [3.63, 3.8) is 0 Å². The van der Waals surface area contributed by atoms with E-state index in [4.69, 9.17) is 4.74 Å². The maximum Gasteiger partial charge on any atom is 0.311 e. The molecule has 0 aliphatic carbocycles. The molecule has 1 N–H and O–H groups in total. The molecule has 2 rings (SSSR count). The lowest BCUT2D eigenvalue weighted by atomic mass is 10.1. The first kappa shape index (κ1) is 15.5. The monoisotopic (exact) mass is 351 g/mol. The molecule has 1 unspecified atom stereocenters. The number of nitrogens with zero attached hydrogens (tertiary/aromatic N) is 1. The molecule has 0 saturated heterocycles. The zero-order valence-electron chi connectivity index (χ0n) is 11.5. The Morgan fingerprint density at radius 1 is 1.29 bits per heavy atom. The van der Waals surface area contributed by atoms with Crippen LogP contribution in [0.4, 0.5) is 5.69 Å². The number of aliphatic hydroxyl groups excluding tert-OH is 1. The van der Waals surface area contributed by atoms with Crippen molar-refractivity contribution < 1.29 is 14.8 Å². The SMILES string of the molecule is Cc1ccc([N+](=O)[O-])c(Oc2ccc(C(C)O)c(Br)c2)c1. The molecule has 21 heavy (non-hydrogen) atoms. The van der Waals surface area contributed by atoms with Crippen LogP contribution in [0.2, 0.25) is 0 Å². The van der Waals surface area contributed by atoms with Crippen molar-refractivity contribution in [2.75, 3.05) is 0 Å². The molecule has 2 aromatic carbocycles. The fraction of sp³-hybridized carbons (Fsp3) is 0.200. The van der Waals surface area contributed by atoms with Gasteiger partial charge in [-0.1, -0.05) is 28.1 Å². The average molecular weight is 352 g/mol. The molecule has 0 bridgehead atoms. The van der Waals surface area contributed by atoms with Crippen molar-refractivity contribution in [2.24, 2.45) is 0 Å². The third-order valence-corrected chi connectivity index (χ3v) is 3.65. The van der Waals surface area contributed by atoms with Gasteiger partial charge in [-0.3, -0.25) is 10.1 Å². The van der Waals surface area contributed by atoms with E-state index in [2.05, 4.69) is 15.9 Å². The van der Waals surface area contributed by atoms with Crippen molar-refractivity contribution in [1.82, 2.24) is 0 Å². The van der Waals surface area contributed by atoms with E-state index in [1.54, 1.807) is 37.3 Å². The van der Waals surface area contributed by atoms with Crippen LogP contribution in [0.5, 0.6) is 11.5 Å². The molecule has 0 aliphatic heterocycles. The highest BCUT2D eigenvalue weighted by Gasteiger charge is 2.16. The Morgan fingerprint density at radius 2 is 2.00 bits per heavy atom. The van der Waals surface area contributed by atoms with Crippen LogP contribution in [0.15, 0.2) is 40.9 Å². The molecule has 0 amide bonds. The maximum absolute atomic E-state index is 11.0. The van der Waals surface area contributed by atoms with Crippen molar-refractivity contribution in [2.45, 2.75) is 20.0 Å². The summed E-state index contributed by atoms with van der Waals surface area (Å²) in [6, 6.07) is 9.76. The summed E-state index contributed by atoms with van der Waals surface area (Å²) in [5.74, 6) is 0.650. The highest BCUT2D eigenvalue weighted by Crippen LogP contribution is 2.34. The number of halogens is 1. The molecule has 2 aromatic rings. The van der Waals surface area contributed by atoms with Crippen LogP contribution in [0.25, 0.3) is 0 Å². The average Bonchev–Trinajstić information content (AvgIpc) is 2.37. The number of rotatable bonds is 4. The predicted molar refractivity (Wildman–Crippen MR) is 82.7 cm³/mol. The van der Waals surface area contributed by atoms with Crippen LogP contribution in [-0.4, -0.2) is 10.0 Å². The van der Waals surface area contributed by atoms with Gasteiger partial charge in [0.1, 0.15) is 5.75 Å². The predicted octanol–water partition coefficient (Wildman–Crippen LogP) is 4.51. The molecule has 0 fully saturated rings. The van der Waals surface area contributed by atoms with E-state index in [-0.39, 0.29) is 11.4 Å². The molecule has 0 aliphatic rings. The Hall–Kier alpha value is -1.92. The van der Waals surface area contributed by atoms with Crippen LogP contribution in [0.1, 0.15) is 24.2 Å². The lowest BCUT2D eigenvalue weighted by Crippen LogP contribution is -1.96. The van der Waals surface area contributed by atoms with E-state index in [0.717, 1.165) is 11.1 Å². The van der Waals surface area contributed by atoms with Crippen LogP contribution in [0, 0.1) is 17.0 Å². The molecule has 110 valence electrons. The summed E-state index contributed by atoms with van der Waals surface area (Å²) in [4.78, 5) is 10.5.